The average Bonchev–Trinajstić information content (AvgIpc) is 2.26. The van der Waals surface area contributed by atoms with Gasteiger partial charge in [0.2, 0.25) is 0 Å². The van der Waals surface area contributed by atoms with Crippen molar-refractivity contribution in [2.75, 3.05) is 0 Å². The van der Waals surface area contributed by atoms with E-state index in [4.69, 9.17) is 0 Å². The molecule has 0 spiro atoms. The van der Waals surface area contributed by atoms with Crippen molar-refractivity contribution >= 4 is 15.8 Å². The van der Waals surface area contributed by atoms with E-state index in [1.54, 1.807) is 0 Å². The zero-order chi connectivity index (χ0) is 14.0. The fourth-order valence-electron chi connectivity index (χ4n) is 0.977. The van der Waals surface area contributed by atoms with E-state index in [9.17, 15) is 21.6 Å². The van der Waals surface area contributed by atoms with Crippen LogP contribution in [0.3, 0.4) is 0 Å². The maximum absolute atomic E-state index is 12.3. The van der Waals surface area contributed by atoms with Gasteiger partial charge in [-0.1, -0.05) is 5.16 Å². The van der Waals surface area contributed by atoms with Crippen molar-refractivity contribution in [2.45, 2.75) is 24.9 Å². The number of oxime groups is 1. The van der Waals surface area contributed by atoms with Gasteiger partial charge in [-0.2, -0.15) is 21.6 Å². The molecular weight excluding hydrogens is 271 g/mol. The number of hydrogen-bond acceptors (Lipinski definition) is 4. The first kappa shape index (κ1) is 14.5. The molecule has 1 aromatic carbocycles. The molecule has 0 N–H and O–H groups in total. The van der Waals surface area contributed by atoms with Gasteiger partial charge in [0.25, 0.3) is 0 Å². The number of nitrogens with zero attached hydrogens (tertiary/aromatic N) is 1. The van der Waals surface area contributed by atoms with Crippen LogP contribution < -0.4 is 0 Å². The van der Waals surface area contributed by atoms with E-state index >= 15 is 0 Å². The van der Waals surface area contributed by atoms with E-state index in [0.717, 1.165) is 12.1 Å². The highest BCUT2D eigenvalue weighted by Gasteiger charge is 2.30. The van der Waals surface area contributed by atoms with Crippen LogP contribution in [0.25, 0.3) is 0 Å². The summed E-state index contributed by atoms with van der Waals surface area (Å²) in [5, 5.41) is 3.25. The smallest absolute Gasteiger partial charge is 0.265 e. The molecule has 4 nitrogen and oxygen atoms in total. The van der Waals surface area contributed by atoms with Crippen molar-refractivity contribution < 1.29 is 25.9 Å². The van der Waals surface area contributed by atoms with Gasteiger partial charge >= 0.3 is 16.3 Å². The third kappa shape index (κ3) is 3.73. The van der Waals surface area contributed by atoms with Crippen LogP contribution in [0.2, 0.25) is 0 Å². The minimum Gasteiger partial charge on any atom is -0.265 e. The Kier molecular flexibility index (Phi) is 4.00. The van der Waals surface area contributed by atoms with Gasteiger partial charge in [-0.25, -0.2) is 0 Å². The number of rotatable bonds is 3. The van der Waals surface area contributed by atoms with Crippen LogP contribution in [-0.4, -0.2) is 14.1 Å². The van der Waals surface area contributed by atoms with Gasteiger partial charge in [0, 0.05) is 0 Å². The summed E-state index contributed by atoms with van der Waals surface area (Å²) in [7, 11) is -4.17. The van der Waals surface area contributed by atoms with Crippen molar-refractivity contribution in [3.8, 4) is 0 Å². The van der Waals surface area contributed by atoms with Gasteiger partial charge in [-0.3, -0.25) is 4.28 Å². The average molecular weight is 281 g/mol. The van der Waals surface area contributed by atoms with Gasteiger partial charge in [0.05, 0.1) is 11.3 Å². The van der Waals surface area contributed by atoms with Crippen LogP contribution in [0.1, 0.15) is 19.4 Å². The van der Waals surface area contributed by atoms with Gasteiger partial charge in [0.15, 0.2) is 0 Å². The van der Waals surface area contributed by atoms with E-state index in [1.165, 1.54) is 13.8 Å². The molecule has 0 aliphatic rings. The van der Waals surface area contributed by atoms with Crippen molar-refractivity contribution in [3.63, 3.8) is 0 Å². The molecule has 0 saturated carbocycles. The summed E-state index contributed by atoms with van der Waals surface area (Å²) in [5.41, 5.74) is -0.567. The molecular formula is C10H10F3NO3S. The van der Waals surface area contributed by atoms with Crippen molar-refractivity contribution in [2.24, 2.45) is 5.16 Å². The van der Waals surface area contributed by atoms with Crippen molar-refractivity contribution in [1.82, 2.24) is 0 Å². The summed E-state index contributed by atoms with van der Waals surface area (Å²) in [6, 6.07) is 2.97. The molecule has 1 rings (SSSR count). The second-order valence-electron chi connectivity index (χ2n) is 3.59. The first-order valence-corrected chi connectivity index (χ1v) is 6.16. The Morgan fingerprint density at radius 1 is 1.17 bits per heavy atom. The molecule has 0 bridgehead atoms. The molecule has 0 fully saturated rings. The van der Waals surface area contributed by atoms with Gasteiger partial charge in [0.1, 0.15) is 4.90 Å². The van der Waals surface area contributed by atoms with Crippen LogP contribution in [0, 0.1) is 0 Å². The number of hydrogen-bond donors (Lipinski definition) is 0. The summed E-state index contributed by atoms with van der Waals surface area (Å²) in [4.78, 5) is -0.388. The summed E-state index contributed by atoms with van der Waals surface area (Å²) in [6.45, 7) is 3.03. The number of halogens is 3. The molecule has 0 saturated heterocycles. The third-order valence-corrected chi connectivity index (χ3v) is 2.91. The van der Waals surface area contributed by atoms with Gasteiger partial charge in [-0.15, -0.1) is 0 Å². The Hall–Kier alpha value is -1.57. The second-order valence-corrected chi connectivity index (χ2v) is 5.12. The van der Waals surface area contributed by atoms with E-state index in [-0.39, 0.29) is 4.90 Å². The zero-order valence-corrected chi connectivity index (χ0v) is 10.3. The molecule has 0 aliphatic heterocycles. The molecule has 0 atom stereocenters. The summed E-state index contributed by atoms with van der Waals surface area (Å²) in [6.07, 6.45) is -4.51. The van der Waals surface area contributed by atoms with Gasteiger partial charge in [-0.05, 0) is 38.1 Å². The molecule has 0 unspecified atom stereocenters. The lowest BCUT2D eigenvalue weighted by Gasteiger charge is -2.07. The Bertz CT molecular complexity index is 543. The first-order valence-electron chi connectivity index (χ1n) is 4.75. The lowest BCUT2D eigenvalue weighted by atomic mass is 10.2. The largest absolute Gasteiger partial charge is 0.416 e. The molecule has 8 heteroatoms. The predicted molar refractivity (Wildman–Crippen MR) is 58.5 cm³/mol. The molecule has 0 radical (unpaired) electrons. The van der Waals surface area contributed by atoms with E-state index < -0.39 is 21.9 Å². The molecule has 0 aliphatic carbocycles. The van der Waals surface area contributed by atoms with Crippen LogP contribution in [0.15, 0.2) is 34.3 Å². The summed E-state index contributed by atoms with van der Waals surface area (Å²) in [5.74, 6) is 0. The Labute approximate surface area is 102 Å². The molecule has 0 amide bonds. The summed E-state index contributed by atoms with van der Waals surface area (Å²) < 4.78 is 64.1. The quantitative estimate of drug-likeness (QED) is 0.632. The second kappa shape index (κ2) is 4.97. The van der Waals surface area contributed by atoms with Crippen molar-refractivity contribution in [1.29, 1.82) is 0 Å². The SMILES string of the molecule is CC(C)=NOS(=O)(=O)c1ccc(C(F)(F)F)cc1. The van der Waals surface area contributed by atoms with E-state index in [0.29, 0.717) is 17.8 Å². The molecule has 0 aromatic heterocycles. The van der Waals surface area contributed by atoms with Crippen LogP contribution in [0.5, 0.6) is 0 Å². The standard InChI is InChI=1S/C10H10F3NO3S/c1-7(2)14-17-18(15,16)9-5-3-8(4-6-9)10(11,12)13/h3-6H,1-2H3. The maximum atomic E-state index is 12.3. The lowest BCUT2D eigenvalue weighted by Crippen LogP contribution is -2.07. The minimum atomic E-state index is -4.51. The number of benzene rings is 1. The van der Waals surface area contributed by atoms with Gasteiger partial charge < -0.3 is 0 Å². The van der Waals surface area contributed by atoms with Crippen LogP contribution in [-0.2, 0) is 20.6 Å². The first-order chi connectivity index (χ1) is 8.13. The molecule has 18 heavy (non-hydrogen) atoms. The monoisotopic (exact) mass is 281 g/mol. The van der Waals surface area contributed by atoms with E-state index in [2.05, 4.69) is 9.44 Å². The highest BCUT2D eigenvalue weighted by molar-refractivity contribution is 7.86. The molecule has 100 valence electrons. The van der Waals surface area contributed by atoms with Crippen LogP contribution in [0.4, 0.5) is 13.2 Å². The fraction of sp³-hybridized carbons (Fsp3) is 0.300. The highest BCUT2D eigenvalue weighted by Crippen LogP contribution is 2.29. The Morgan fingerprint density at radius 2 is 1.67 bits per heavy atom. The highest BCUT2D eigenvalue weighted by atomic mass is 32.2. The van der Waals surface area contributed by atoms with Crippen molar-refractivity contribution in [3.05, 3.63) is 29.8 Å². The Balaban J connectivity index is 3.02. The number of alkyl halides is 3. The Morgan fingerprint density at radius 3 is 2.06 bits per heavy atom. The fourth-order valence-corrected chi connectivity index (χ4v) is 1.78. The normalized spacial score (nSPS) is 12.1. The lowest BCUT2D eigenvalue weighted by molar-refractivity contribution is -0.137. The molecule has 0 heterocycles. The summed E-state index contributed by atoms with van der Waals surface area (Å²) >= 11 is 0. The topological polar surface area (TPSA) is 55.7 Å². The van der Waals surface area contributed by atoms with E-state index in [1.807, 2.05) is 0 Å². The third-order valence-electron chi connectivity index (χ3n) is 1.79. The van der Waals surface area contributed by atoms with Crippen LogP contribution >= 0.6 is 0 Å². The maximum Gasteiger partial charge on any atom is 0.416 e. The predicted octanol–water partition coefficient (Wildman–Crippen LogP) is 2.81. The molecule has 1 aromatic rings. The zero-order valence-electron chi connectivity index (χ0n) is 9.52. The minimum absolute atomic E-state index is 0.366.